The number of rotatable bonds is 3. The van der Waals surface area contributed by atoms with Gasteiger partial charge in [0.2, 0.25) is 0 Å². The average molecular weight is 297 g/mol. The molecule has 2 rings (SSSR count). The number of carbonyl (C=O) groups is 2. The third-order valence-electron chi connectivity index (χ3n) is 4.76. The Labute approximate surface area is 126 Å². The van der Waals surface area contributed by atoms with Crippen molar-refractivity contribution in [3.8, 4) is 0 Å². The van der Waals surface area contributed by atoms with Crippen LogP contribution in [0.25, 0.3) is 0 Å². The number of hydrogen-bond donors (Lipinski definition) is 2. The van der Waals surface area contributed by atoms with Crippen LogP contribution < -0.4 is 5.32 Å². The van der Waals surface area contributed by atoms with Crippen LogP contribution in [0.2, 0.25) is 0 Å². The first-order valence-electron chi connectivity index (χ1n) is 7.87. The molecule has 2 aliphatic rings. The van der Waals surface area contributed by atoms with Gasteiger partial charge in [0.05, 0.1) is 5.41 Å². The first kappa shape index (κ1) is 16.1. The number of ether oxygens (including phenoxy) is 1. The summed E-state index contributed by atoms with van der Waals surface area (Å²) in [6.45, 7) is 5.54. The van der Waals surface area contributed by atoms with Gasteiger partial charge in [-0.2, -0.15) is 0 Å². The number of hydrogen-bond acceptors (Lipinski definition) is 3. The molecule has 1 amide bonds. The summed E-state index contributed by atoms with van der Waals surface area (Å²) >= 11 is 0. The standard InChI is InChI=1S/C16H27NO4/c1-14(2,3)21-13(20)17-11-16(12(18)19)9-15(10-16)7-5-4-6-8-15/h4-11H2,1-3H3,(H,17,20)(H,18,19). The van der Waals surface area contributed by atoms with E-state index >= 15 is 0 Å². The molecule has 0 aliphatic heterocycles. The summed E-state index contributed by atoms with van der Waals surface area (Å²) in [6.07, 6.45) is 6.77. The van der Waals surface area contributed by atoms with Crippen molar-refractivity contribution in [1.29, 1.82) is 0 Å². The van der Waals surface area contributed by atoms with Crippen molar-refractivity contribution in [3.05, 3.63) is 0 Å². The topological polar surface area (TPSA) is 75.6 Å². The first-order valence-corrected chi connectivity index (χ1v) is 7.87. The molecule has 0 aromatic carbocycles. The second kappa shape index (κ2) is 5.50. The Morgan fingerprint density at radius 2 is 1.71 bits per heavy atom. The van der Waals surface area contributed by atoms with Gasteiger partial charge in [-0.05, 0) is 51.9 Å². The van der Waals surface area contributed by atoms with Crippen LogP contribution in [0, 0.1) is 10.8 Å². The Bertz CT molecular complexity index is 410. The molecule has 0 radical (unpaired) electrons. The summed E-state index contributed by atoms with van der Waals surface area (Å²) < 4.78 is 5.18. The Balaban J connectivity index is 1.90. The molecular formula is C16H27NO4. The van der Waals surface area contributed by atoms with E-state index in [1.54, 1.807) is 20.8 Å². The summed E-state index contributed by atoms with van der Waals surface area (Å²) in [7, 11) is 0. The number of aliphatic carboxylic acids is 1. The second-order valence-corrected chi connectivity index (χ2v) is 7.86. The zero-order valence-corrected chi connectivity index (χ0v) is 13.3. The normalized spacial score (nSPS) is 23.2. The average Bonchev–Trinajstić information content (AvgIpc) is 2.32. The lowest BCUT2D eigenvalue weighted by molar-refractivity contribution is -0.168. The molecule has 21 heavy (non-hydrogen) atoms. The van der Waals surface area contributed by atoms with Crippen LogP contribution in [0.4, 0.5) is 4.79 Å². The molecule has 2 saturated carbocycles. The molecule has 0 aromatic heterocycles. The summed E-state index contributed by atoms with van der Waals surface area (Å²) in [4.78, 5) is 23.3. The van der Waals surface area contributed by atoms with Crippen LogP contribution in [0.1, 0.15) is 65.7 Å². The molecule has 2 N–H and O–H groups in total. The molecular weight excluding hydrogens is 270 g/mol. The molecule has 0 bridgehead atoms. The van der Waals surface area contributed by atoms with Crippen LogP contribution in [-0.4, -0.2) is 29.3 Å². The molecule has 2 aliphatic carbocycles. The van der Waals surface area contributed by atoms with Crippen molar-refractivity contribution in [2.75, 3.05) is 6.54 Å². The van der Waals surface area contributed by atoms with Gasteiger partial charge in [0, 0.05) is 6.54 Å². The minimum Gasteiger partial charge on any atom is -0.481 e. The fraction of sp³-hybridized carbons (Fsp3) is 0.875. The van der Waals surface area contributed by atoms with Crippen molar-refractivity contribution in [2.45, 2.75) is 71.3 Å². The van der Waals surface area contributed by atoms with Gasteiger partial charge < -0.3 is 15.2 Å². The minimum absolute atomic E-state index is 0.166. The van der Waals surface area contributed by atoms with E-state index in [1.807, 2.05) is 0 Å². The third-order valence-corrected chi connectivity index (χ3v) is 4.76. The van der Waals surface area contributed by atoms with Crippen molar-refractivity contribution in [2.24, 2.45) is 10.8 Å². The van der Waals surface area contributed by atoms with E-state index in [1.165, 1.54) is 19.3 Å². The van der Waals surface area contributed by atoms with Crippen molar-refractivity contribution < 1.29 is 19.4 Å². The Morgan fingerprint density at radius 3 is 2.19 bits per heavy atom. The molecule has 0 heterocycles. The van der Waals surface area contributed by atoms with E-state index in [-0.39, 0.29) is 12.0 Å². The number of carboxylic acid groups (broad SMARTS) is 1. The number of carboxylic acids is 1. The third kappa shape index (κ3) is 3.69. The van der Waals surface area contributed by atoms with Gasteiger partial charge in [-0.25, -0.2) is 4.79 Å². The van der Waals surface area contributed by atoms with Gasteiger partial charge in [0.25, 0.3) is 0 Å². The molecule has 1 spiro atoms. The Morgan fingerprint density at radius 1 is 1.14 bits per heavy atom. The monoisotopic (exact) mass is 297 g/mol. The summed E-state index contributed by atoms with van der Waals surface area (Å²) in [5, 5.41) is 12.2. The van der Waals surface area contributed by atoms with Crippen LogP contribution in [0.5, 0.6) is 0 Å². The van der Waals surface area contributed by atoms with Gasteiger partial charge in [-0.3, -0.25) is 4.79 Å². The zero-order chi connectivity index (χ0) is 15.7. The molecule has 0 saturated heterocycles. The SMILES string of the molecule is CC(C)(C)OC(=O)NCC1(C(=O)O)CC2(CCCCC2)C1. The van der Waals surface area contributed by atoms with E-state index in [2.05, 4.69) is 5.32 Å². The van der Waals surface area contributed by atoms with Gasteiger partial charge in [-0.1, -0.05) is 19.3 Å². The zero-order valence-electron chi connectivity index (χ0n) is 13.3. The van der Waals surface area contributed by atoms with Gasteiger partial charge in [-0.15, -0.1) is 0 Å². The summed E-state index contributed by atoms with van der Waals surface area (Å²) in [6, 6.07) is 0. The molecule has 120 valence electrons. The van der Waals surface area contributed by atoms with E-state index in [9.17, 15) is 14.7 Å². The summed E-state index contributed by atoms with van der Waals surface area (Å²) in [5.41, 5.74) is -1.15. The quantitative estimate of drug-likeness (QED) is 0.838. The van der Waals surface area contributed by atoms with Gasteiger partial charge >= 0.3 is 12.1 Å². The predicted octanol–water partition coefficient (Wildman–Crippen LogP) is 3.33. The lowest BCUT2D eigenvalue weighted by Crippen LogP contribution is -2.57. The number of alkyl carbamates (subject to hydrolysis) is 1. The first-order chi connectivity index (χ1) is 9.67. The van der Waals surface area contributed by atoms with Gasteiger partial charge in [0.1, 0.15) is 5.60 Å². The highest BCUT2D eigenvalue weighted by Crippen LogP contribution is 2.61. The van der Waals surface area contributed by atoms with Crippen LogP contribution in [-0.2, 0) is 9.53 Å². The predicted molar refractivity (Wildman–Crippen MR) is 79.1 cm³/mol. The van der Waals surface area contributed by atoms with Crippen molar-refractivity contribution >= 4 is 12.1 Å². The van der Waals surface area contributed by atoms with Crippen LogP contribution >= 0.6 is 0 Å². The van der Waals surface area contributed by atoms with Crippen LogP contribution in [0.15, 0.2) is 0 Å². The van der Waals surface area contributed by atoms with Crippen LogP contribution in [0.3, 0.4) is 0 Å². The maximum absolute atomic E-state index is 11.7. The fourth-order valence-corrected chi connectivity index (χ4v) is 3.95. The molecule has 5 heteroatoms. The maximum atomic E-state index is 11.7. The lowest BCUT2D eigenvalue weighted by Gasteiger charge is -2.56. The number of amides is 1. The summed E-state index contributed by atoms with van der Waals surface area (Å²) in [5.74, 6) is -0.797. The number of carbonyl (C=O) groups excluding carboxylic acids is 1. The van der Waals surface area contributed by atoms with Crippen molar-refractivity contribution in [3.63, 3.8) is 0 Å². The Kier molecular flexibility index (Phi) is 4.22. The molecule has 0 unspecified atom stereocenters. The van der Waals surface area contributed by atoms with E-state index in [4.69, 9.17) is 4.74 Å². The highest BCUT2D eigenvalue weighted by molar-refractivity contribution is 5.78. The largest absolute Gasteiger partial charge is 0.481 e. The van der Waals surface area contributed by atoms with Gasteiger partial charge in [0.15, 0.2) is 0 Å². The molecule has 2 fully saturated rings. The highest BCUT2D eigenvalue weighted by atomic mass is 16.6. The van der Waals surface area contributed by atoms with Crippen molar-refractivity contribution in [1.82, 2.24) is 5.32 Å². The van der Waals surface area contributed by atoms with E-state index in [0.29, 0.717) is 12.8 Å². The smallest absolute Gasteiger partial charge is 0.407 e. The fourth-order valence-electron chi connectivity index (χ4n) is 3.95. The van der Waals surface area contributed by atoms with E-state index < -0.39 is 23.1 Å². The highest BCUT2D eigenvalue weighted by Gasteiger charge is 2.58. The van der Waals surface area contributed by atoms with E-state index in [0.717, 1.165) is 12.8 Å². The maximum Gasteiger partial charge on any atom is 0.407 e. The molecule has 5 nitrogen and oxygen atoms in total. The molecule has 0 atom stereocenters. The lowest BCUT2D eigenvalue weighted by atomic mass is 9.48. The Hall–Kier alpha value is -1.26. The number of nitrogens with one attached hydrogen (secondary N) is 1. The minimum atomic E-state index is -0.797. The second-order valence-electron chi connectivity index (χ2n) is 7.86. The molecule has 0 aromatic rings.